The molecule has 2 nitrogen and oxygen atoms in total. The van der Waals surface area contributed by atoms with Gasteiger partial charge in [-0.3, -0.25) is 4.79 Å². The standard InChI is InChI=1S/C16H20Cl2O2/c1-3-20-16(8-6-11(2)7-9-16)15(19)13-10-12(17)4-5-14(13)18/h4-5,10-11H,3,6-9H2,1-2H3. The average Bonchev–Trinajstić information content (AvgIpc) is 2.44. The van der Waals surface area contributed by atoms with E-state index in [-0.39, 0.29) is 5.78 Å². The molecule has 20 heavy (non-hydrogen) atoms. The highest BCUT2D eigenvalue weighted by Gasteiger charge is 2.42. The Bertz CT molecular complexity index is 491. The highest BCUT2D eigenvalue weighted by atomic mass is 35.5. The lowest BCUT2D eigenvalue weighted by molar-refractivity contribution is -0.0474. The fourth-order valence-electron chi connectivity index (χ4n) is 2.86. The van der Waals surface area contributed by atoms with Crippen molar-refractivity contribution in [3.05, 3.63) is 33.8 Å². The maximum Gasteiger partial charge on any atom is 0.196 e. The van der Waals surface area contributed by atoms with Crippen molar-refractivity contribution >= 4 is 29.0 Å². The summed E-state index contributed by atoms with van der Waals surface area (Å²) in [6.07, 6.45) is 3.52. The second kappa shape index (κ2) is 6.46. The molecule has 0 saturated heterocycles. The van der Waals surface area contributed by atoms with Crippen LogP contribution in [0.15, 0.2) is 18.2 Å². The Balaban J connectivity index is 2.34. The SMILES string of the molecule is CCOC1(C(=O)c2cc(Cl)ccc2Cl)CCC(C)CC1. The van der Waals surface area contributed by atoms with Crippen LogP contribution >= 0.6 is 23.2 Å². The minimum atomic E-state index is -0.727. The molecule has 1 fully saturated rings. The minimum Gasteiger partial charge on any atom is -0.367 e. The molecule has 1 aliphatic rings. The molecule has 4 heteroatoms. The summed E-state index contributed by atoms with van der Waals surface area (Å²) in [6.45, 7) is 4.66. The molecule has 0 N–H and O–H groups in total. The molecule has 0 amide bonds. The van der Waals surface area contributed by atoms with Crippen LogP contribution in [0.1, 0.15) is 49.9 Å². The van der Waals surface area contributed by atoms with Crippen LogP contribution in [0.2, 0.25) is 10.0 Å². The van der Waals surface area contributed by atoms with Crippen LogP contribution < -0.4 is 0 Å². The fraction of sp³-hybridized carbons (Fsp3) is 0.562. The number of benzene rings is 1. The van der Waals surface area contributed by atoms with Crippen LogP contribution in [0.4, 0.5) is 0 Å². The minimum absolute atomic E-state index is 0.0289. The number of hydrogen-bond acceptors (Lipinski definition) is 2. The van der Waals surface area contributed by atoms with E-state index in [9.17, 15) is 4.79 Å². The first-order valence-corrected chi connectivity index (χ1v) is 7.88. The van der Waals surface area contributed by atoms with Gasteiger partial charge in [-0.15, -0.1) is 0 Å². The first-order valence-electron chi connectivity index (χ1n) is 7.12. The second-order valence-corrected chi connectivity index (χ2v) is 6.41. The third kappa shape index (κ3) is 3.19. The van der Waals surface area contributed by atoms with Crippen LogP contribution in [-0.4, -0.2) is 18.0 Å². The maximum atomic E-state index is 12.9. The lowest BCUT2D eigenvalue weighted by Gasteiger charge is -2.38. The summed E-state index contributed by atoms with van der Waals surface area (Å²) in [6, 6.07) is 5.00. The van der Waals surface area contributed by atoms with Crippen molar-refractivity contribution < 1.29 is 9.53 Å². The predicted molar refractivity (Wildman–Crippen MR) is 82.8 cm³/mol. The number of rotatable bonds is 4. The van der Waals surface area contributed by atoms with Gasteiger partial charge >= 0.3 is 0 Å². The summed E-state index contributed by atoms with van der Waals surface area (Å²) in [7, 11) is 0. The fourth-order valence-corrected chi connectivity index (χ4v) is 3.23. The Morgan fingerprint density at radius 1 is 1.35 bits per heavy atom. The molecule has 1 aromatic rings. The normalized spacial score (nSPS) is 26.5. The predicted octanol–water partition coefficient (Wildman–Crippen LogP) is 5.16. The molecule has 2 rings (SSSR count). The smallest absolute Gasteiger partial charge is 0.196 e. The quantitative estimate of drug-likeness (QED) is 0.717. The lowest BCUT2D eigenvalue weighted by Crippen LogP contribution is -2.44. The van der Waals surface area contributed by atoms with Crippen LogP contribution in [0.5, 0.6) is 0 Å². The molecule has 0 heterocycles. The Labute approximate surface area is 130 Å². The lowest BCUT2D eigenvalue weighted by atomic mass is 9.75. The second-order valence-electron chi connectivity index (χ2n) is 5.56. The van der Waals surface area contributed by atoms with Gasteiger partial charge in [-0.05, 0) is 56.7 Å². The van der Waals surface area contributed by atoms with E-state index >= 15 is 0 Å². The zero-order valence-electron chi connectivity index (χ0n) is 11.9. The Kier molecular flexibility index (Phi) is 5.11. The topological polar surface area (TPSA) is 26.3 Å². The van der Waals surface area contributed by atoms with Crippen LogP contribution in [0.25, 0.3) is 0 Å². The number of ether oxygens (including phenoxy) is 1. The Morgan fingerprint density at radius 3 is 2.60 bits per heavy atom. The van der Waals surface area contributed by atoms with Gasteiger partial charge < -0.3 is 4.74 Å². The average molecular weight is 315 g/mol. The number of hydrogen-bond donors (Lipinski definition) is 0. The van der Waals surface area contributed by atoms with Gasteiger partial charge in [0, 0.05) is 17.2 Å². The van der Waals surface area contributed by atoms with Gasteiger partial charge in [0.05, 0.1) is 5.02 Å². The Hall–Kier alpha value is -0.570. The van der Waals surface area contributed by atoms with Gasteiger partial charge in [0.15, 0.2) is 5.78 Å². The molecule has 0 radical (unpaired) electrons. The van der Waals surface area contributed by atoms with Crippen molar-refractivity contribution in [3.63, 3.8) is 0 Å². The highest BCUT2D eigenvalue weighted by Crippen LogP contribution is 2.38. The molecular formula is C16H20Cl2O2. The van der Waals surface area contributed by atoms with Gasteiger partial charge in [-0.1, -0.05) is 30.1 Å². The zero-order valence-corrected chi connectivity index (χ0v) is 13.4. The summed E-state index contributed by atoms with van der Waals surface area (Å²) in [4.78, 5) is 12.9. The van der Waals surface area contributed by atoms with Gasteiger partial charge in [-0.2, -0.15) is 0 Å². The van der Waals surface area contributed by atoms with E-state index in [1.54, 1.807) is 18.2 Å². The van der Waals surface area contributed by atoms with E-state index in [2.05, 4.69) is 6.92 Å². The third-order valence-electron chi connectivity index (χ3n) is 4.09. The Morgan fingerprint density at radius 2 is 2.00 bits per heavy atom. The van der Waals surface area contributed by atoms with Crippen molar-refractivity contribution in [2.45, 2.75) is 45.1 Å². The molecule has 0 atom stereocenters. The van der Waals surface area contributed by atoms with E-state index < -0.39 is 5.60 Å². The molecule has 1 aliphatic carbocycles. The van der Waals surface area contributed by atoms with Crippen molar-refractivity contribution in [2.75, 3.05) is 6.61 Å². The van der Waals surface area contributed by atoms with E-state index in [0.717, 1.165) is 25.7 Å². The van der Waals surface area contributed by atoms with Crippen molar-refractivity contribution in [1.82, 2.24) is 0 Å². The van der Waals surface area contributed by atoms with Gasteiger partial charge in [-0.25, -0.2) is 0 Å². The largest absolute Gasteiger partial charge is 0.367 e. The number of halogens is 2. The maximum absolute atomic E-state index is 12.9. The number of ketones is 1. The molecule has 1 saturated carbocycles. The van der Waals surface area contributed by atoms with Gasteiger partial charge in [0.1, 0.15) is 5.60 Å². The summed E-state index contributed by atoms with van der Waals surface area (Å²) in [5, 5.41) is 0.964. The van der Waals surface area contributed by atoms with Gasteiger partial charge in [0.2, 0.25) is 0 Å². The third-order valence-corrected chi connectivity index (χ3v) is 4.65. The van der Waals surface area contributed by atoms with E-state index in [1.807, 2.05) is 6.92 Å². The molecule has 0 unspecified atom stereocenters. The number of carbonyl (C=O) groups is 1. The zero-order chi connectivity index (χ0) is 14.8. The van der Waals surface area contributed by atoms with Crippen molar-refractivity contribution in [2.24, 2.45) is 5.92 Å². The monoisotopic (exact) mass is 314 g/mol. The molecule has 0 aliphatic heterocycles. The number of carbonyl (C=O) groups excluding carboxylic acids is 1. The molecule has 0 aromatic heterocycles. The first-order chi connectivity index (χ1) is 9.48. The summed E-state index contributed by atoms with van der Waals surface area (Å²) in [5.74, 6) is 0.616. The molecule has 110 valence electrons. The molecule has 0 bridgehead atoms. The molecule has 0 spiro atoms. The van der Waals surface area contributed by atoms with E-state index in [1.165, 1.54) is 0 Å². The van der Waals surface area contributed by atoms with Crippen LogP contribution in [0.3, 0.4) is 0 Å². The van der Waals surface area contributed by atoms with Crippen molar-refractivity contribution in [1.29, 1.82) is 0 Å². The van der Waals surface area contributed by atoms with E-state index in [4.69, 9.17) is 27.9 Å². The summed E-state index contributed by atoms with van der Waals surface area (Å²) >= 11 is 12.2. The first kappa shape index (κ1) is 15.8. The summed E-state index contributed by atoms with van der Waals surface area (Å²) < 4.78 is 5.88. The molecule has 1 aromatic carbocycles. The molecular weight excluding hydrogens is 295 g/mol. The highest BCUT2D eigenvalue weighted by molar-refractivity contribution is 6.36. The number of Topliss-reactive ketones (excluding diaryl/α,β-unsaturated/α-hetero) is 1. The van der Waals surface area contributed by atoms with Crippen LogP contribution in [-0.2, 0) is 4.74 Å². The van der Waals surface area contributed by atoms with Crippen LogP contribution in [0, 0.1) is 5.92 Å². The van der Waals surface area contributed by atoms with Gasteiger partial charge in [0.25, 0.3) is 0 Å². The van der Waals surface area contributed by atoms with E-state index in [0.29, 0.717) is 28.1 Å². The summed E-state index contributed by atoms with van der Waals surface area (Å²) in [5.41, 5.74) is -0.252. The van der Waals surface area contributed by atoms with Crippen molar-refractivity contribution in [3.8, 4) is 0 Å².